The molecule has 0 fully saturated rings. The van der Waals surface area contributed by atoms with Crippen molar-refractivity contribution in [3.05, 3.63) is 46.8 Å². The molecule has 0 radical (unpaired) electrons. The van der Waals surface area contributed by atoms with Crippen LogP contribution in [0.15, 0.2) is 28.8 Å². The number of carbonyl (C=O) groups is 2. The number of hydrogen-bond acceptors (Lipinski definition) is 5. The minimum atomic E-state index is -0.425. The van der Waals surface area contributed by atoms with Gasteiger partial charge in [0.25, 0.3) is 5.91 Å². The lowest BCUT2D eigenvalue weighted by Crippen LogP contribution is -2.21. The van der Waals surface area contributed by atoms with Crippen LogP contribution in [0.3, 0.4) is 0 Å². The van der Waals surface area contributed by atoms with E-state index < -0.39 is 5.97 Å². The molecular weight excluding hydrogens is 308 g/mol. The van der Waals surface area contributed by atoms with Crippen molar-refractivity contribution >= 4 is 17.6 Å². The molecule has 0 aliphatic heterocycles. The van der Waals surface area contributed by atoms with Crippen LogP contribution < -0.4 is 5.32 Å². The summed E-state index contributed by atoms with van der Waals surface area (Å²) in [7, 11) is 0. The number of rotatable bonds is 7. The molecule has 1 amide bonds. The summed E-state index contributed by atoms with van der Waals surface area (Å²) >= 11 is 0. The molecule has 1 heterocycles. The zero-order valence-electron chi connectivity index (χ0n) is 14.2. The smallest absolute Gasteiger partial charge is 0.306 e. The predicted octanol–water partition coefficient (Wildman–Crippen LogP) is 2.97. The van der Waals surface area contributed by atoms with E-state index in [9.17, 15) is 9.59 Å². The number of amides is 1. The molecule has 24 heavy (non-hydrogen) atoms. The molecule has 0 saturated carbocycles. The Morgan fingerprint density at radius 2 is 1.92 bits per heavy atom. The van der Waals surface area contributed by atoms with Crippen molar-refractivity contribution in [3.8, 4) is 0 Å². The summed E-state index contributed by atoms with van der Waals surface area (Å²) < 4.78 is 10.0. The fraction of sp³-hybridized carbons (Fsp3) is 0.389. The molecule has 2 aromatic rings. The van der Waals surface area contributed by atoms with Crippen LogP contribution in [-0.2, 0) is 27.2 Å². The first kappa shape index (κ1) is 17.7. The van der Waals surface area contributed by atoms with Crippen LogP contribution in [0.5, 0.6) is 0 Å². The summed E-state index contributed by atoms with van der Waals surface area (Å²) in [6, 6.07) is 7.56. The van der Waals surface area contributed by atoms with Gasteiger partial charge >= 0.3 is 5.97 Å². The van der Waals surface area contributed by atoms with E-state index >= 15 is 0 Å². The molecule has 0 saturated heterocycles. The van der Waals surface area contributed by atoms with E-state index in [0.29, 0.717) is 17.9 Å². The van der Waals surface area contributed by atoms with Crippen LogP contribution in [0.1, 0.15) is 35.9 Å². The average Bonchev–Trinajstić information content (AvgIpc) is 2.90. The lowest BCUT2D eigenvalue weighted by molar-refractivity contribution is -0.147. The van der Waals surface area contributed by atoms with E-state index in [-0.39, 0.29) is 18.9 Å². The van der Waals surface area contributed by atoms with Crippen molar-refractivity contribution in [2.24, 2.45) is 0 Å². The Hall–Kier alpha value is -2.63. The number of aryl methyl sites for hydroxylation is 3. The number of anilines is 1. The van der Waals surface area contributed by atoms with Gasteiger partial charge in [-0.2, -0.15) is 0 Å². The largest absolute Gasteiger partial charge is 0.456 e. The SMILES string of the molecule is CCc1ccc(NC(=O)COC(=O)CCc2c(C)noc2C)cc1. The van der Waals surface area contributed by atoms with Crippen molar-refractivity contribution in [1.82, 2.24) is 5.16 Å². The van der Waals surface area contributed by atoms with Crippen LogP contribution in [0.25, 0.3) is 0 Å². The Balaban J connectivity index is 1.73. The zero-order valence-corrected chi connectivity index (χ0v) is 14.2. The molecule has 0 atom stereocenters. The second kappa shape index (κ2) is 8.29. The monoisotopic (exact) mass is 330 g/mol. The maximum Gasteiger partial charge on any atom is 0.306 e. The average molecular weight is 330 g/mol. The van der Waals surface area contributed by atoms with Gasteiger partial charge in [0.1, 0.15) is 5.76 Å². The molecule has 1 aromatic carbocycles. The number of ether oxygens (including phenoxy) is 1. The Morgan fingerprint density at radius 1 is 1.21 bits per heavy atom. The van der Waals surface area contributed by atoms with Crippen molar-refractivity contribution in [1.29, 1.82) is 0 Å². The highest BCUT2D eigenvalue weighted by Crippen LogP contribution is 2.14. The summed E-state index contributed by atoms with van der Waals surface area (Å²) in [5.41, 5.74) is 3.56. The van der Waals surface area contributed by atoms with Crippen LogP contribution in [-0.4, -0.2) is 23.6 Å². The van der Waals surface area contributed by atoms with Gasteiger partial charge in [0, 0.05) is 17.7 Å². The maximum absolute atomic E-state index is 11.8. The third-order valence-corrected chi connectivity index (χ3v) is 3.77. The fourth-order valence-electron chi connectivity index (χ4n) is 2.32. The minimum Gasteiger partial charge on any atom is -0.456 e. The summed E-state index contributed by atoms with van der Waals surface area (Å²) in [5.74, 6) is -0.0787. The number of nitrogens with zero attached hydrogens (tertiary/aromatic N) is 1. The molecule has 1 aromatic heterocycles. The summed E-state index contributed by atoms with van der Waals surface area (Å²) in [6.07, 6.45) is 1.61. The van der Waals surface area contributed by atoms with Gasteiger partial charge in [0.05, 0.1) is 5.69 Å². The van der Waals surface area contributed by atoms with Crippen LogP contribution in [0.4, 0.5) is 5.69 Å². The molecule has 0 aliphatic rings. The molecule has 0 aliphatic carbocycles. The molecule has 0 unspecified atom stereocenters. The summed E-state index contributed by atoms with van der Waals surface area (Å²) in [5, 5.41) is 6.53. The first-order valence-electron chi connectivity index (χ1n) is 7.95. The van der Waals surface area contributed by atoms with Gasteiger partial charge in [-0.15, -0.1) is 0 Å². The first-order chi connectivity index (χ1) is 11.5. The van der Waals surface area contributed by atoms with Gasteiger partial charge < -0.3 is 14.6 Å². The highest BCUT2D eigenvalue weighted by molar-refractivity contribution is 5.92. The highest BCUT2D eigenvalue weighted by atomic mass is 16.5. The van der Waals surface area contributed by atoms with Gasteiger partial charge in [-0.3, -0.25) is 9.59 Å². The maximum atomic E-state index is 11.8. The van der Waals surface area contributed by atoms with Crippen molar-refractivity contribution in [2.75, 3.05) is 11.9 Å². The molecule has 6 nitrogen and oxygen atoms in total. The predicted molar refractivity (Wildman–Crippen MR) is 89.7 cm³/mol. The van der Waals surface area contributed by atoms with Crippen LogP contribution >= 0.6 is 0 Å². The Kier molecular flexibility index (Phi) is 6.12. The van der Waals surface area contributed by atoms with E-state index in [1.165, 1.54) is 5.56 Å². The number of benzene rings is 1. The molecular formula is C18H22N2O4. The molecule has 6 heteroatoms. The first-order valence-corrected chi connectivity index (χ1v) is 7.95. The van der Waals surface area contributed by atoms with E-state index in [4.69, 9.17) is 9.26 Å². The topological polar surface area (TPSA) is 81.4 Å². The number of nitrogens with one attached hydrogen (secondary N) is 1. The third kappa shape index (κ3) is 4.94. The van der Waals surface area contributed by atoms with Crippen LogP contribution in [0, 0.1) is 13.8 Å². The lowest BCUT2D eigenvalue weighted by atomic mass is 10.1. The second-order valence-corrected chi connectivity index (χ2v) is 5.56. The summed E-state index contributed by atoms with van der Waals surface area (Å²) in [6.45, 7) is 5.40. The van der Waals surface area contributed by atoms with Crippen molar-refractivity contribution in [2.45, 2.75) is 40.0 Å². The van der Waals surface area contributed by atoms with E-state index in [0.717, 1.165) is 17.7 Å². The number of esters is 1. The number of hydrogen-bond donors (Lipinski definition) is 1. The standard InChI is InChI=1S/C18H22N2O4/c1-4-14-5-7-15(8-6-14)19-17(21)11-23-18(22)10-9-16-12(2)20-24-13(16)3/h5-8H,4,9-11H2,1-3H3,(H,19,21). The second-order valence-electron chi connectivity index (χ2n) is 5.56. The Morgan fingerprint density at radius 3 is 2.50 bits per heavy atom. The molecule has 128 valence electrons. The van der Waals surface area contributed by atoms with Gasteiger partial charge in [-0.05, 0) is 44.4 Å². The Labute approximate surface area is 141 Å². The quantitative estimate of drug-likeness (QED) is 0.789. The lowest BCUT2D eigenvalue weighted by Gasteiger charge is -2.07. The normalized spacial score (nSPS) is 10.5. The molecule has 2 rings (SSSR count). The Bertz CT molecular complexity index is 685. The van der Waals surface area contributed by atoms with Crippen molar-refractivity contribution < 1.29 is 18.8 Å². The minimum absolute atomic E-state index is 0.182. The van der Waals surface area contributed by atoms with E-state index in [2.05, 4.69) is 17.4 Å². The van der Waals surface area contributed by atoms with Gasteiger partial charge in [0.15, 0.2) is 6.61 Å². The van der Waals surface area contributed by atoms with E-state index in [1.54, 1.807) is 6.92 Å². The molecule has 0 spiro atoms. The number of carbonyl (C=O) groups excluding carboxylic acids is 2. The van der Waals surface area contributed by atoms with Crippen molar-refractivity contribution in [3.63, 3.8) is 0 Å². The van der Waals surface area contributed by atoms with Gasteiger partial charge in [-0.25, -0.2) is 0 Å². The fourth-order valence-corrected chi connectivity index (χ4v) is 2.32. The van der Waals surface area contributed by atoms with Gasteiger partial charge in [0.2, 0.25) is 0 Å². The summed E-state index contributed by atoms with van der Waals surface area (Å²) in [4.78, 5) is 23.5. The van der Waals surface area contributed by atoms with E-state index in [1.807, 2.05) is 31.2 Å². The van der Waals surface area contributed by atoms with Crippen LogP contribution in [0.2, 0.25) is 0 Å². The molecule has 0 bridgehead atoms. The van der Waals surface area contributed by atoms with Gasteiger partial charge in [-0.1, -0.05) is 24.2 Å². The highest BCUT2D eigenvalue weighted by Gasteiger charge is 2.13. The number of aromatic nitrogens is 1. The third-order valence-electron chi connectivity index (χ3n) is 3.77. The molecule has 1 N–H and O–H groups in total. The zero-order chi connectivity index (χ0) is 17.5.